The maximum Gasteiger partial charge on any atom is 0.135 e. The molecule has 0 saturated carbocycles. The van der Waals surface area contributed by atoms with E-state index in [1.165, 1.54) is 16.7 Å². The van der Waals surface area contributed by atoms with Crippen molar-refractivity contribution < 1.29 is 25.8 Å². The molecule has 7 aromatic rings. The van der Waals surface area contributed by atoms with Crippen molar-refractivity contribution in [2.45, 2.75) is 85.0 Å². The number of fused-ring (bicyclic) bond motifs is 4. The van der Waals surface area contributed by atoms with E-state index in [0.29, 0.717) is 17.4 Å². The van der Waals surface area contributed by atoms with Crippen molar-refractivity contribution in [3.05, 3.63) is 151 Å². The van der Waals surface area contributed by atoms with E-state index in [1.54, 1.807) is 0 Å². The molecule has 0 bridgehead atoms. The molecule has 5 nitrogen and oxygen atoms in total. The Bertz CT molecular complexity index is 2480. The maximum atomic E-state index is 6.79. The second kappa shape index (κ2) is 15.0. The standard InChI is InChI=1S/C49H49N4O.Pt/c1-9-33(10-2)34-26-38(52-32-51(44-20-13-14-21-45(44)52)37-17-15-16-35(28-37)48(3,4)5)30-40(27-34)54-39-22-23-42-41-18-11-12-19-43(41)53(46(42)31-39)47-29-36(24-25-50-47)49(6,7)8;/h11-29,32-33H,9-10H2,1-8H3;/q-3;. The van der Waals surface area contributed by atoms with Gasteiger partial charge in [-0.3, -0.25) is 0 Å². The zero-order chi connectivity index (χ0) is 37.8. The van der Waals surface area contributed by atoms with Crippen LogP contribution in [0.4, 0.5) is 22.7 Å². The summed E-state index contributed by atoms with van der Waals surface area (Å²) in [7, 11) is 0. The van der Waals surface area contributed by atoms with Crippen molar-refractivity contribution in [2.24, 2.45) is 0 Å². The fraction of sp³-hybridized carbons (Fsp3) is 0.265. The molecule has 1 aliphatic rings. The Morgan fingerprint density at radius 3 is 2.09 bits per heavy atom. The van der Waals surface area contributed by atoms with E-state index in [4.69, 9.17) is 9.72 Å². The first-order valence-electron chi connectivity index (χ1n) is 19.2. The molecular weight excluding hydrogens is 856 g/mol. The fourth-order valence-corrected chi connectivity index (χ4v) is 7.66. The topological polar surface area (TPSA) is 33.5 Å². The number of anilines is 4. The number of ether oxygens (including phenoxy) is 1. The third-order valence-electron chi connectivity index (χ3n) is 10.8. The second-order valence-corrected chi connectivity index (χ2v) is 16.5. The molecule has 0 atom stereocenters. The van der Waals surface area contributed by atoms with Gasteiger partial charge in [-0.15, -0.1) is 53.6 Å². The zero-order valence-electron chi connectivity index (χ0n) is 33.1. The van der Waals surface area contributed by atoms with Gasteiger partial charge in [0.25, 0.3) is 0 Å². The van der Waals surface area contributed by atoms with Gasteiger partial charge >= 0.3 is 0 Å². The van der Waals surface area contributed by atoms with E-state index in [9.17, 15) is 0 Å². The monoisotopic (exact) mass is 904 g/mol. The van der Waals surface area contributed by atoms with Crippen LogP contribution >= 0.6 is 0 Å². The van der Waals surface area contributed by atoms with E-state index < -0.39 is 0 Å². The normalized spacial score (nSPS) is 13.1. The first kappa shape index (κ1) is 38.4. The molecule has 0 unspecified atom stereocenters. The molecule has 8 rings (SSSR count). The summed E-state index contributed by atoms with van der Waals surface area (Å²) in [6.45, 7) is 20.2. The van der Waals surface area contributed by atoms with E-state index in [2.05, 4.69) is 192 Å². The van der Waals surface area contributed by atoms with Gasteiger partial charge in [0.05, 0.1) is 0 Å². The molecule has 0 fully saturated rings. The Kier molecular flexibility index (Phi) is 10.5. The summed E-state index contributed by atoms with van der Waals surface area (Å²) in [6.07, 6.45) is 3.97. The average molecular weight is 905 g/mol. The Hall–Kier alpha value is -4.86. The molecule has 0 amide bonds. The predicted octanol–water partition coefficient (Wildman–Crippen LogP) is 13.5. The number of hydrogen-bond donors (Lipinski definition) is 0. The van der Waals surface area contributed by atoms with Crippen molar-refractivity contribution in [1.29, 1.82) is 0 Å². The van der Waals surface area contributed by atoms with Gasteiger partial charge in [-0.05, 0) is 75.7 Å². The molecule has 2 aromatic heterocycles. The van der Waals surface area contributed by atoms with Gasteiger partial charge in [-0.1, -0.05) is 116 Å². The first-order chi connectivity index (χ1) is 25.9. The van der Waals surface area contributed by atoms with E-state index in [1.807, 2.05) is 12.3 Å². The van der Waals surface area contributed by atoms with Crippen LogP contribution < -0.4 is 14.5 Å². The van der Waals surface area contributed by atoms with Crippen LogP contribution in [0.5, 0.6) is 11.5 Å². The minimum absolute atomic E-state index is 0. The summed E-state index contributed by atoms with van der Waals surface area (Å²) in [4.78, 5) is 9.39. The fourth-order valence-electron chi connectivity index (χ4n) is 7.66. The minimum Gasteiger partial charge on any atom is -0.509 e. The molecule has 3 heterocycles. The van der Waals surface area contributed by atoms with E-state index in [-0.39, 0.29) is 31.9 Å². The van der Waals surface area contributed by atoms with E-state index in [0.717, 1.165) is 63.2 Å². The summed E-state index contributed by atoms with van der Waals surface area (Å²) < 4.78 is 9.00. The largest absolute Gasteiger partial charge is 0.509 e. The van der Waals surface area contributed by atoms with Crippen molar-refractivity contribution >= 4 is 44.6 Å². The molecule has 0 radical (unpaired) electrons. The third-order valence-corrected chi connectivity index (χ3v) is 10.8. The molecular formula is C49H49N4OPt-3. The van der Waals surface area contributed by atoms with Crippen LogP contribution in [0, 0.1) is 18.8 Å². The molecule has 0 N–H and O–H groups in total. The minimum atomic E-state index is -0.0113. The van der Waals surface area contributed by atoms with Gasteiger partial charge < -0.3 is 19.1 Å². The van der Waals surface area contributed by atoms with Gasteiger partial charge in [0.1, 0.15) is 5.82 Å². The Labute approximate surface area is 341 Å². The Balaban J connectivity index is 0.00000465. The number of pyridine rings is 1. The summed E-state index contributed by atoms with van der Waals surface area (Å²) >= 11 is 0. The number of aromatic nitrogens is 2. The zero-order valence-corrected chi connectivity index (χ0v) is 35.3. The third kappa shape index (κ3) is 7.32. The van der Waals surface area contributed by atoms with E-state index >= 15 is 0 Å². The molecule has 5 aromatic carbocycles. The van der Waals surface area contributed by atoms with Crippen molar-refractivity contribution in [3.8, 4) is 17.3 Å². The number of nitrogens with zero attached hydrogens (tertiary/aromatic N) is 4. The summed E-state index contributed by atoms with van der Waals surface area (Å²) in [5, 5.41) is 2.26. The molecule has 55 heavy (non-hydrogen) atoms. The summed E-state index contributed by atoms with van der Waals surface area (Å²) in [5.41, 5.74) is 10.1. The van der Waals surface area contributed by atoms with Gasteiger partial charge in [0.15, 0.2) is 0 Å². The van der Waals surface area contributed by atoms with Crippen LogP contribution in [0.3, 0.4) is 0 Å². The molecule has 0 aliphatic carbocycles. The molecule has 284 valence electrons. The van der Waals surface area contributed by atoms with Gasteiger partial charge in [0.2, 0.25) is 0 Å². The van der Waals surface area contributed by atoms with Crippen LogP contribution in [0.15, 0.2) is 115 Å². The maximum absolute atomic E-state index is 6.79. The molecule has 1 aliphatic heterocycles. The van der Waals surface area contributed by atoms with Crippen LogP contribution in [0.1, 0.15) is 90.8 Å². The van der Waals surface area contributed by atoms with Gasteiger partial charge in [-0.25, -0.2) is 4.98 Å². The Morgan fingerprint density at radius 1 is 0.673 bits per heavy atom. The molecule has 0 spiro atoms. The van der Waals surface area contributed by atoms with Gasteiger partial charge in [0, 0.05) is 61.3 Å². The number of rotatable bonds is 8. The number of hydrogen-bond acceptors (Lipinski definition) is 4. The van der Waals surface area contributed by atoms with Crippen molar-refractivity contribution in [1.82, 2.24) is 9.55 Å². The first-order valence-corrected chi connectivity index (χ1v) is 19.2. The second-order valence-electron chi connectivity index (χ2n) is 16.5. The van der Waals surface area contributed by atoms with Crippen molar-refractivity contribution in [2.75, 3.05) is 9.80 Å². The Morgan fingerprint density at radius 2 is 1.36 bits per heavy atom. The average Bonchev–Trinajstić information content (AvgIpc) is 3.71. The van der Waals surface area contributed by atoms with Crippen molar-refractivity contribution in [3.63, 3.8) is 0 Å². The van der Waals surface area contributed by atoms with Gasteiger partial charge in [-0.2, -0.15) is 6.07 Å². The summed E-state index contributed by atoms with van der Waals surface area (Å²) in [6, 6.07) is 46.2. The quantitative estimate of drug-likeness (QED) is 0.142. The summed E-state index contributed by atoms with van der Waals surface area (Å²) in [5.74, 6) is 2.55. The van der Waals surface area contributed by atoms with Crippen LogP contribution in [0.2, 0.25) is 0 Å². The number of benzene rings is 5. The molecule has 6 heteroatoms. The van der Waals surface area contributed by atoms with Crippen LogP contribution in [0.25, 0.3) is 27.6 Å². The predicted molar refractivity (Wildman–Crippen MR) is 225 cm³/mol. The smallest absolute Gasteiger partial charge is 0.135 e. The molecule has 0 saturated heterocycles. The SMILES string of the molecule is CCC(CC)c1cc(Oc2[c-]c3c(cc2)c2ccccc2n3-c2cc(C(C)(C)C)ccn2)[c-]c(N2[CH-]N(c3cccc(C(C)(C)C)c3)c3ccccc32)c1.[Pt]. The number of para-hydroxylation sites is 3. The van der Waals surface area contributed by atoms with Crippen LogP contribution in [-0.2, 0) is 31.9 Å². The van der Waals surface area contributed by atoms with Crippen LogP contribution in [-0.4, -0.2) is 9.55 Å².